The Morgan fingerprint density at radius 3 is 2.96 bits per heavy atom. The zero-order valence-corrected chi connectivity index (χ0v) is 15.7. The van der Waals surface area contributed by atoms with Crippen LogP contribution in [0.25, 0.3) is 0 Å². The van der Waals surface area contributed by atoms with Gasteiger partial charge in [0, 0.05) is 50.3 Å². The molecule has 3 aliphatic heterocycles. The van der Waals surface area contributed by atoms with Crippen LogP contribution in [-0.2, 0) is 20.8 Å². The maximum Gasteiger partial charge on any atom is 0.248 e. The lowest BCUT2D eigenvalue weighted by molar-refractivity contribution is -0.200. The highest BCUT2D eigenvalue weighted by Crippen LogP contribution is 2.36. The number of carbonyl (C=O) groups excluding carboxylic acids is 1. The topological polar surface area (TPSA) is 54.9 Å². The van der Waals surface area contributed by atoms with Gasteiger partial charge in [-0.05, 0) is 26.2 Å². The number of ether oxygens (including phenoxy) is 2. The summed E-state index contributed by atoms with van der Waals surface area (Å²) >= 11 is 1.73. The molecule has 4 rings (SSSR count). The third-order valence-electron chi connectivity index (χ3n) is 5.40. The van der Waals surface area contributed by atoms with E-state index in [-0.39, 0.29) is 24.2 Å². The summed E-state index contributed by atoms with van der Waals surface area (Å²) in [6, 6.07) is 0. The quantitative estimate of drug-likeness (QED) is 0.797. The molecule has 1 aromatic heterocycles. The van der Waals surface area contributed by atoms with E-state index in [1.807, 2.05) is 11.8 Å². The normalized spacial score (nSPS) is 26.1. The van der Waals surface area contributed by atoms with E-state index in [0.717, 1.165) is 70.7 Å². The maximum absolute atomic E-state index is 12.1. The Labute approximate surface area is 153 Å². The zero-order chi connectivity index (χ0) is 17.3. The first-order valence-corrected chi connectivity index (χ1v) is 10.2. The molecule has 1 atom stereocenters. The summed E-state index contributed by atoms with van der Waals surface area (Å²) in [6.07, 6.45) is 4.18. The van der Waals surface area contributed by atoms with E-state index < -0.39 is 0 Å². The molecule has 0 bridgehead atoms. The summed E-state index contributed by atoms with van der Waals surface area (Å²) in [5, 5.41) is 3.27. The number of hydrogen-bond donors (Lipinski definition) is 0. The van der Waals surface area contributed by atoms with Crippen LogP contribution in [0.1, 0.15) is 36.4 Å². The first kappa shape index (κ1) is 17.4. The van der Waals surface area contributed by atoms with Gasteiger partial charge in [0.15, 0.2) is 0 Å². The molecule has 0 radical (unpaired) electrons. The van der Waals surface area contributed by atoms with Crippen molar-refractivity contribution in [3.63, 3.8) is 0 Å². The van der Waals surface area contributed by atoms with E-state index in [0.29, 0.717) is 0 Å². The highest BCUT2D eigenvalue weighted by molar-refractivity contribution is 7.09. The number of likely N-dealkylation sites (tertiary alicyclic amines) is 2. The summed E-state index contributed by atoms with van der Waals surface area (Å²) in [7, 11) is 0. The van der Waals surface area contributed by atoms with E-state index in [9.17, 15) is 4.79 Å². The SMILES string of the molecule is Cc1csc(CN2CC3(C[C@H](OCC(=O)N4CCCC4)CCO3)C2)n1. The van der Waals surface area contributed by atoms with Gasteiger partial charge in [0.05, 0.1) is 18.2 Å². The minimum Gasteiger partial charge on any atom is -0.372 e. The Balaban J connectivity index is 1.22. The summed E-state index contributed by atoms with van der Waals surface area (Å²) < 4.78 is 12.0. The lowest BCUT2D eigenvalue weighted by Gasteiger charge is -2.53. The van der Waals surface area contributed by atoms with Crippen molar-refractivity contribution < 1.29 is 14.3 Å². The van der Waals surface area contributed by atoms with E-state index >= 15 is 0 Å². The second-order valence-corrected chi connectivity index (χ2v) is 8.52. The fourth-order valence-corrected chi connectivity index (χ4v) is 4.95. The first-order valence-electron chi connectivity index (χ1n) is 9.29. The molecule has 0 unspecified atom stereocenters. The van der Waals surface area contributed by atoms with Gasteiger partial charge in [0.25, 0.3) is 0 Å². The molecule has 0 aliphatic carbocycles. The van der Waals surface area contributed by atoms with Crippen molar-refractivity contribution in [2.75, 3.05) is 39.4 Å². The van der Waals surface area contributed by atoms with Gasteiger partial charge in [-0.2, -0.15) is 0 Å². The molecule has 0 saturated carbocycles. The largest absolute Gasteiger partial charge is 0.372 e. The molecule has 3 aliphatic rings. The second-order valence-electron chi connectivity index (χ2n) is 7.57. The lowest BCUT2D eigenvalue weighted by Crippen LogP contribution is -2.65. The third kappa shape index (κ3) is 4.05. The molecule has 138 valence electrons. The number of rotatable bonds is 5. The fraction of sp³-hybridized carbons (Fsp3) is 0.778. The van der Waals surface area contributed by atoms with Crippen molar-refractivity contribution in [3.8, 4) is 0 Å². The van der Waals surface area contributed by atoms with Gasteiger partial charge in [-0.3, -0.25) is 9.69 Å². The van der Waals surface area contributed by atoms with E-state index in [2.05, 4.69) is 15.3 Å². The number of thiazole rings is 1. The molecule has 3 fully saturated rings. The number of nitrogens with zero attached hydrogens (tertiary/aromatic N) is 3. The average Bonchev–Trinajstić information content (AvgIpc) is 3.23. The maximum atomic E-state index is 12.1. The van der Waals surface area contributed by atoms with Crippen molar-refractivity contribution in [2.45, 2.75) is 50.9 Å². The monoisotopic (exact) mass is 365 g/mol. The van der Waals surface area contributed by atoms with Crippen LogP contribution in [0.4, 0.5) is 0 Å². The molecular formula is C18H27N3O3S. The molecule has 7 heteroatoms. The highest BCUT2D eigenvalue weighted by Gasteiger charge is 2.47. The van der Waals surface area contributed by atoms with E-state index in [1.54, 1.807) is 11.3 Å². The van der Waals surface area contributed by atoms with Crippen LogP contribution in [0.15, 0.2) is 5.38 Å². The van der Waals surface area contributed by atoms with Gasteiger partial charge in [-0.25, -0.2) is 4.98 Å². The summed E-state index contributed by atoms with van der Waals surface area (Å²) in [4.78, 5) is 21.0. The highest BCUT2D eigenvalue weighted by atomic mass is 32.1. The Kier molecular flexibility index (Phi) is 5.08. The van der Waals surface area contributed by atoms with Crippen LogP contribution in [0, 0.1) is 6.92 Å². The Bertz CT molecular complexity index is 608. The smallest absolute Gasteiger partial charge is 0.248 e. The predicted molar refractivity (Wildman–Crippen MR) is 95.6 cm³/mol. The second kappa shape index (κ2) is 7.31. The van der Waals surface area contributed by atoms with Gasteiger partial charge in [-0.15, -0.1) is 11.3 Å². The first-order chi connectivity index (χ1) is 12.1. The van der Waals surface area contributed by atoms with Gasteiger partial charge in [-0.1, -0.05) is 0 Å². The van der Waals surface area contributed by atoms with Crippen molar-refractivity contribution >= 4 is 17.2 Å². The number of hydrogen-bond acceptors (Lipinski definition) is 6. The molecule has 3 saturated heterocycles. The Morgan fingerprint density at radius 2 is 2.24 bits per heavy atom. The standard InChI is InChI=1S/C18H27N3O3S/c1-14-11-25-16(19-14)9-20-12-18(13-20)8-15(4-7-24-18)23-10-17(22)21-5-2-3-6-21/h11,15H,2-10,12-13H2,1H3/t15-/m1/s1. The number of aryl methyl sites for hydroxylation is 1. The lowest BCUT2D eigenvalue weighted by atomic mass is 9.85. The van der Waals surface area contributed by atoms with Gasteiger partial charge < -0.3 is 14.4 Å². The summed E-state index contributed by atoms with van der Waals surface area (Å²) in [5.74, 6) is 0.146. The van der Waals surface area contributed by atoms with Crippen LogP contribution < -0.4 is 0 Å². The minimum absolute atomic E-state index is 0.0775. The molecule has 6 nitrogen and oxygen atoms in total. The molecule has 4 heterocycles. The third-order valence-corrected chi connectivity index (χ3v) is 6.35. The molecule has 1 aromatic rings. The van der Waals surface area contributed by atoms with Crippen LogP contribution in [0.5, 0.6) is 0 Å². The Hall–Kier alpha value is -1.02. The minimum atomic E-state index is -0.0775. The number of carbonyl (C=O) groups is 1. The van der Waals surface area contributed by atoms with Crippen LogP contribution in [0.3, 0.4) is 0 Å². The molecule has 0 N–H and O–H groups in total. The van der Waals surface area contributed by atoms with Crippen LogP contribution >= 0.6 is 11.3 Å². The van der Waals surface area contributed by atoms with Crippen LogP contribution in [-0.4, -0.2) is 71.8 Å². The molecule has 1 amide bonds. The average molecular weight is 365 g/mol. The molecular weight excluding hydrogens is 338 g/mol. The Morgan fingerprint density at radius 1 is 1.44 bits per heavy atom. The van der Waals surface area contributed by atoms with Crippen molar-refractivity contribution in [2.24, 2.45) is 0 Å². The van der Waals surface area contributed by atoms with Gasteiger partial charge in [0.1, 0.15) is 11.6 Å². The summed E-state index contributed by atoms with van der Waals surface area (Å²) in [6.45, 7) is 7.55. The van der Waals surface area contributed by atoms with E-state index in [1.165, 1.54) is 5.01 Å². The van der Waals surface area contributed by atoms with Crippen molar-refractivity contribution in [1.29, 1.82) is 0 Å². The molecule has 1 spiro atoms. The molecule has 25 heavy (non-hydrogen) atoms. The number of aromatic nitrogens is 1. The van der Waals surface area contributed by atoms with Gasteiger partial charge in [0.2, 0.25) is 5.91 Å². The van der Waals surface area contributed by atoms with Crippen molar-refractivity contribution in [3.05, 3.63) is 16.1 Å². The summed E-state index contributed by atoms with van der Waals surface area (Å²) in [5.41, 5.74) is 1.02. The van der Waals surface area contributed by atoms with Crippen molar-refractivity contribution in [1.82, 2.24) is 14.8 Å². The fourth-order valence-electron chi connectivity index (χ4n) is 4.14. The number of amides is 1. The molecule has 0 aromatic carbocycles. The van der Waals surface area contributed by atoms with Gasteiger partial charge >= 0.3 is 0 Å². The van der Waals surface area contributed by atoms with E-state index in [4.69, 9.17) is 9.47 Å². The predicted octanol–water partition coefficient (Wildman–Crippen LogP) is 1.82. The van der Waals surface area contributed by atoms with Crippen LogP contribution in [0.2, 0.25) is 0 Å². The zero-order valence-electron chi connectivity index (χ0n) is 14.9.